The lowest BCUT2D eigenvalue weighted by Gasteiger charge is -2.37. The average molecular weight is 447 g/mol. The first-order valence-corrected chi connectivity index (χ1v) is 10.7. The summed E-state index contributed by atoms with van der Waals surface area (Å²) in [6.45, 7) is 8.59. The molecule has 1 aliphatic rings. The van der Waals surface area contributed by atoms with Crippen molar-refractivity contribution in [2.75, 3.05) is 42.1 Å². The topological polar surface area (TPSA) is 65.5 Å². The minimum absolute atomic E-state index is 0. The van der Waals surface area contributed by atoms with Crippen LogP contribution in [0.15, 0.2) is 42.6 Å². The standard InChI is InChI=1S/C19H26N4O2S.2ClH/c1-15(2)22-10-12-23(13-11-22)19-9-6-17(14-20-19)16-4-7-18(8-5-16)21-26(3,24)25;;/h4-9,14-15,21H,10-13H2,1-3H3;2*1H. The zero-order chi connectivity index (χ0) is 18.7. The Labute approximate surface area is 180 Å². The number of hydrogen-bond donors (Lipinski definition) is 1. The number of aromatic nitrogens is 1. The number of halogens is 2. The van der Waals surface area contributed by atoms with Crippen molar-refractivity contribution < 1.29 is 8.42 Å². The van der Waals surface area contributed by atoms with E-state index < -0.39 is 10.0 Å². The summed E-state index contributed by atoms with van der Waals surface area (Å²) < 4.78 is 25.0. The normalized spacial score (nSPS) is 14.9. The largest absolute Gasteiger partial charge is 0.354 e. The predicted octanol–water partition coefficient (Wildman–Crippen LogP) is 3.49. The van der Waals surface area contributed by atoms with Crippen molar-refractivity contribution in [3.05, 3.63) is 42.6 Å². The molecule has 6 nitrogen and oxygen atoms in total. The van der Waals surface area contributed by atoms with Gasteiger partial charge >= 0.3 is 0 Å². The summed E-state index contributed by atoms with van der Waals surface area (Å²) in [5.41, 5.74) is 2.58. The van der Waals surface area contributed by atoms with E-state index in [9.17, 15) is 8.42 Å². The molecule has 2 aromatic rings. The number of pyridine rings is 1. The van der Waals surface area contributed by atoms with E-state index in [1.807, 2.05) is 18.3 Å². The maximum absolute atomic E-state index is 11.3. The fourth-order valence-corrected chi connectivity index (χ4v) is 3.72. The molecule has 0 unspecified atom stereocenters. The highest BCUT2D eigenvalue weighted by Gasteiger charge is 2.19. The van der Waals surface area contributed by atoms with E-state index in [-0.39, 0.29) is 24.8 Å². The molecule has 0 amide bonds. The van der Waals surface area contributed by atoms with Gasteiger partial charge in [0, 0.05) is 49.7 Å². The average Bonchev–Trinajstić information content (AvgIpc) is 2.61. The summed E-state index contributed by atoms with van der Waals surface area (Å²) >= 11 is 0. The fraction of sp³-hybridized carbons (Fsp3) is 0.421. The van der Waals surface area contributed by atoms with Crippen LogP contribution >= 0.6 is 24.8 Å². The van der Waals surface area contributed by atoms with E-state index in [0.717, 1.165) is 49.4 Å². The van der Waals surface area contributed by atoms with Gasteiger partial charge in [-0.15, -0.1) is 24.8 Å². The maximum atomic E-state index is 11.3. The molecule has 1 N–H and O–H groups in total. The van der Waals surface area contributed by atoms with Crippen molar-refractivity contribution in [3.8, 4) is 11.1 Å². The summed E-state index contributed by atoms with van der Waals surface area (Å²) in [4.78, 5) is 9.43. The van der Waals surface area contributed by atoms with Crippen molar-refractivity contribution >= 4 is 46.3 Å². The van der Waals surface area contributed by atoms with Gasteiger partial charge < -0.3 is 4.90 Å². The summed E-state index contributed by atoms with van der Waals surface area (Å²) in [5.74, 6) is 1.01. The second kappa shape index (κ2) is 10.3. The van der Waals surface area contributed by atoms with Crippen molar-refractivity contribution in [2.24, 2.45) is 0 Å². The number of piperazine rings is 1. The maximum Gasteiger partial charge on any atom is 0.229 e. The van der Waals surface area contributed by atoms with Crippen LogP contribution in [-0.2, 0) is 10.0 Å². The molecule has 3 rings (SSSR count). The lowest BCUT2D eigenvalue weighted by molar-refractivity contribution is 0.209. The number of benzene rings is 1. The second-order valence-electron chi connectivity index (χ2n) is 6.97. The number of nitrogens with zero attached hydrogens (tertiary/aromatic N) is 3. The third-order valence-corrected chi connectivity index (χ3v) is 5.24. The van der Waals surface area contributed by atoms with Gasteiger partial charge in [0.2, 0.25) is 10.0 Å². The van der Waals surface area contributed by atoms with E-state index in [1.54, 1.807) is 12.1 Å². The molecule has 1 aromatic heterocycles. The first-order valence-electron chi connectivity index (χ1n) is 8.85. The monoisotopic (exact) mass is 446 g/mol. The van der Waals surface area contributed by atoms with Crippen LogP contribution in [0, 0.1) is 0 Å². The highest BCUT2D eigenvalue weighted by molar-refractivity contribution is 7.92. The molecule has 1 aliphatic heterocycles. The smallest absolute Gasteiger partial charge is 0.229 e. The Morgan fingerprint density at radius 1 is 0.929 bits per heavy atom. The SMILES string of the molecule is CC(C)N1CCN(c2ccc(-c3ccc(NS(C)(=O)=O)cc3)cn2)CC1.Cl.Cl. The second-order valence-corrected chi connectivity index (χ2v) is 8.72. The summed E-state index contributed by atoms with van der Waals surface area (Å²) in [5, 5.41) is 0. The van der Waals surface area contributed by atoms with Crippen molar-refractivity contribution in [3.63, 3.8) is 0 Å². The van der Waals surface area contributed by atoms with Gasteiger partial charge in [0.25, 0.3) is 0 Å². The van der Waals surface area contributed by atoms with Crippen LogP contribution in [0.3, 0.4) is 0 Å². The number of rotatable bonds is 5. The Balaban J connectivity index is 0.00000196. The van der Waals surface area contributed by atoms with E-state index >= 15 is 0 Å². The summed E-state index contributed by atoms with van der Waals surface area (Å²) in [6, 6.07) is 12.0. The number of sulfonamides is 1. The van der Waals surface area contributed by atoms with Gasteiger partial charge in [0.05, 0.1) is 6.26 Å². The molecule has 156 valence electrons. The third kappa shape index (κ3) is 6.51. The molecule has 0 atom stereocenters. The van der Waals surface area contributed by atoms with Crippen molar-refractivity contribution in [1.29, 1.82) is 0 Å². The summed E-state index contributed by atoms with van der Waals surface area (Å²) in [6.07, 6.45) is 3.02. The van der Waals surface area contributed by atoms with E-state index in [4.69, 9.17) is 0 Å². The van der Waals surface area contributed by atoms with Crippen LogP contribution in [-0.4, -0.2) is 56.8 Å². The van der Waals surface area contributed by atoms with Crippen molar-refractivity contribution in [2.45, 2.75) is 19.9 Å². The molecule has 0 radical (unpaired) electrons. The molecule has 28 heavy (non-hydrogen) atoms. The van der Waals surface area contributed by atoms with E-state index in [0.29, 0.717) is 11.7 Å². The Hall–Kier alpha value is -1.54. The molecular formula is C19H28Cl2N4O2S. The number of nitrogens with one attached hydrogen (secondary N) is 1. The van der Waals surface area contributed by atoms with Gasteiger partial charge in [0.15, 0.2) is 0 Å². The number of anilines is 2. The lowest BCUT2D eigenvalue weighted by atomic mass is 10.1. The molecule has 9 heteroatoms. The molecule has 0 bridgehead atoms. The van der Waals surface area contributed by atoms with Crippen LogP contribution in [0.1, 0.15) is 13.8 Å². The van der Waals surface area contributed by atoms with Gasteiger partial charge in [-0.3, -0.25) is 9.62 Å². The lowest BCUT2D eigenvalue weighted by Crippen LogP contribution is -2.49. The molecule has 0 aliphatic carbocycles. The van der Waals surface area contributed by atoms with Crippen LogP contribution in [0.4, 0.5) is 11.5 Å². The van der Waals surface area contributed by atoms with Gasteiger partial charge in [-0.05, 0) is 43.7 Å². The van der Waals surface area contributed by atoms with Crippen molar-refractivity contribution in [1.82, 2.24) is 9.88 Å². The minimum atomic E-state index is -3.25. The van der Waals surface area contributed by atoms with Crippen LogP contribution in [0.5, 0.6) is 0 Å². The highest BCUT2D eigenvalue weighted by Crippen LogP contribution is 2.23. The van der Waals surface area contributed by atoms with E-state index in [2.05, 4.69) is 45.5 Å². The molecule has 0 saturated carbocycles. The predicted molar refractivity (Wildman–Crippen MR) is 122 cm³/mol. The van der Waals surface area contributed by atoms with Crippen LogP contribution in [0.25, 0.3) is 11.1 Å². The van der Waals surface area contributed by atoms with Gasteiger partial charge in [-0.2, -0.15) is 0 Å². The van der Waals surface area contributed by atoms with Gasteiger partial charge in [-0.25, -0.2) is 13.4 Å². The minimum Gasteiger partial charge on any atom is -0.354 e. The highest BCUT2D eigenvalue weighted by atomic mass is 35.5. The zero-order valence-electron chi connectivity index (χ0n) is 16.3. The molecule has 1 saturated heterocycles. The molecular weight excluding hydrogens is 419 g/mol. The Bertz CT molecular complexity index is 835. The molecule has 1 aromatic carbocycles. The fourth-order valence-electron chi connectivity index (χ4n) is 3.16. The quantitative estimate of drug-likeness (QED) is 0.760. The van der Waals surface area contributed by atoms with Crippen LogP contribution in [0.2, 0.25) is 0 Å². The third-order valence-electron chi connectivity index (χ3n) is 4.64. The zero-order valence-corrected chi connectivity index (χ0v) is 18.8. The first-order chi connectivity index (χ1) is 12.3. The number of hydrogen-bond acceptors (Lipinski definition) is 5. The molecule has 0 spiro atoms. The Kier molecular flexibility index (Phi) is 9.01. The van der Waals surface area contributed by atoms with Gasteiger partial charge in [0.1, 0.15) is 5.82 Å². The van der Waals surface area contributed by atoms with Crippen LogP contribution < -0.4 is 9.62 Å². The summed E-state index contributed by atoms with van der Waals surface area (Å²) in [7, 11) is -3.25. The Morgan fingerprint density at radius 2 is 1.50 bits per heavy atom. The molecule has 2 heterocycles. The first kappa shape index (κ1) is 24.5. The van der Waals surface area contributed by atoms with Gasteiger partial charge in [-0.1, -0.05) is 12.1 Å². The Morgan fingerprint density at radius 3 is 1.96 bits per heavy atom. The van der Waals surface area contributed by atoms with E-state index in [1.165, 1.54) is 0 Å². The molecule has 1 fully saturated rings.